The van der Waals surface area contributed by atoms with Crippen molar-refractivity contribution in [1.82, 2.24) is 14.9 Å². The van der Waals surface area contributed by atoms with Crippen molar-refractivity contribution in [1.29, 1.82) is 0 Å². The van der Waals surface area contributed by atoms with E-state index in [1.165, 1.54) is 54.4 Å². The molecule has 4 nitrogen and oxygen atoms in total. The van der Waals surface area contributed by atoms with E-state index >= 15 is 0 Å². The van der Waals surface area contributed by atoms with E-state index in [-0.39, 0.29) is 0 Å². The van der Waals surface area contributed by atoms with E-state index in [4.69, 9.17) is 0 Å². The molecule has 2 aromatic rings. The predicted octanol–water partition coefficient (Wildman–Crippen LogP) is 3.10. The Balaban J connectivity index is 1.65. The maximum atomic E-state index is 4.65. The number of aromatic nitrogens is 2. The average molecular weight is 316 g/mol. The highest BCUT2D eigenvalue weighted by Crippen LogP contribution is 2.40. The van der Waals surface area contributed by atoms with E-state index in [1.54, 1.807) is 11.2 Å². The molecule has 2 aliphatic rings. The molecule has 1 fully saturated rings. The van der Waals surface area contributed by atoms with Gasteiger partial charge in [0.2, 0.25) is 0 Å². The van der Waals surface area contributed by atoms with Crippen molar-refractivity contribution < 1.29 is 0 Å². The summed E-state index contributed by atoms with van der Waals surface area (Å²) in [6.07, 6.45) is 8.11. The zero-order valence-electron chi connectivity index (χ0n) is 13.5. The van der Waals surface area contributed by atoms with Crippen LogP contribution in [0.1, 0.15) is 36.6 Å². The average Bonchev–Trinajstić information content (AvgIpc) is 3.21. The molecule has 1 atom stereocenters. The van der Waals surface area contributed by atoms with Crippen LogP contribution in [0.4, 0.5) is 5.82 Å². The molecule has 0 amide bonds. The number of aryl methyl sites for hydroxylation is 2. The number of thiophene rings is 1. The Morgan fingerprint density at radius 3 is 3.09 bits per heavy atom. The summed E-state index contributed by atoms with van der Waals surface area (Å²) in [6.45, 7) is 5.76. The zero-order valence-corrected chi connectivity index (χ0v) is 14.3. The van der Waals surface area contributed by atoms with E-state index in [1.807, 2.05) is 11.3 Å². The van der Waals surface area contributed by atoms with Gasteiger partial charge in [-0.3, -0.25) is 4.90 Å². The molecule has 0 bridgehead atoms. The van der Waals surface area contributed by atoms with Crippen LogP contribution in [-0.2, 0) is 12.8 Å². The fraction of sp³-hybridized carbons (Fsp3) is 0.647. The summed E-state index contributed by atoms with van der Waals surface area (Å²) in [7, 11) is 2.20. The quantitative estimate of drug-likeness (QED) is 0.867. The Kier molecular flexibility index (Phi) is 3.78. The topological polar surface area (TPSA) is 32.3 Å². The van der Waals surface area contributed by atoms with E-state index in [0.29, 0.717) is 6.04 Å². The first kappa shape index (κ1) is 14.4. The van der Waals surface area contributed by atoms with E-state index in [2.05, 4.69) is 33.7 Å². The molecule has 1 aliphatic heterocycles. The summed E-state index contributed by atoms with van der Waals surface area (Å²) in [6, 6.07) is 0.673. The van der Waals surface area contributed by atoms with Crippen molar-refractivity contribution in [2.24, 2.45) is 0 Å². The van der Waals surface area contributed by atoms with Gasteiger partial charge < -0.3 is 4.90 Å². The molecule has 2 aromatic heterocycles. The third-order valence-corrected chi connectivity index (χ3v) is 6.43. The molecule has 1 aliphatic carbocycles. The van der Waals surface area contributed by atoms with Crippen LogP contribution in [0.25, 0.3) is 10.2 Å². The third-order valence-electron chi connectivity index (χ3n) is 5.23. The van der Waals surface area contributed by atoms with Gasteiger partial charge in [-0.15, -0.1) is 11.3 Å². The Hall–Kier alpha value is -1.20. The second-order valence-corrected chi connectivity index (χ2v) is 7.62. The lowest BCUT2D eigenvalue weighted by Crippen LogP contribution is -2.39. The van der Waals surface area contributed by atoms with Gasteiger partial charge in [0.25, 0.3) is 0 Å². The van der Waals surface area contributed by atoms with Gasteiger partial charge in [0.1, 0.15) is 17.0 Å². The van der Waals surface area contributed by atoms with Crippen LogP contribution < -0.4 is 4.90 Å². The molecule has 4 rings (SSSR count). The molecule has 0 N–H and O–H groups in total. The molecule has 5 heteroatoms. The van der Waals surface area contributed by atoms with Crippen LogP contribution in [-0.4, -0.2) is 47.6 Å². The Bertz CT molecular complexity index is 681. The minimum atomic E-state index is 0.673. The number of anilines is 1. The van der Waals surface area contributed by atoms with Gasteiger partial charge >= 0.3 is 0 Å². The van der Waals surface area contributed by atoms with Gasteiger partial charge in [-0.05, 0) is 50.8 Å². The fourth-order valence-corrected chi connectivity index (χ4v) is 5.35. The Labute approximate surface area is 136 Å². The van der Waals surface area contributed by atoms with Crippen LogP contribution in [0.2, 0.25) is 0 Å². The largest absolute Gasteiger partial charge is 0.357 e. The lowest BCUT2D eigenvalue weighted by Gasteiger charge is -2.28. The van der Waals surface area contributed by atoms with E-state index in [0.717, 1.165) is 18.9 Å². The normalized spacial score (nSPS) is 21.6. The summed E-state index contributed by atoms with van der Waals surface area (Å²) in [5, 5.41) is 1.34. The molecule has 22 heavy (non-hydrogen) atoms. The number of likely N-dealkylation sites (tertiary alicyclic amines) is 1. The lowest BCUT2D eigenvalue weighted by molar-refractivity contribution is 0.270. The molecular formula is C17H24N4S. The molecule has 1 unspecified atom stereocenters. The van der Waals surface area contributed by atoms with Crippen molar-refractivity contribution in [3.8, 4) is 0 Å². The highest BCUT2D eigenvalue weighted by Gasteiger charge is 2.27. The molecule has 118 valence electrons. The highest BCUT2D eigenvalue weighted by molar-refractivity contribution is 7.19. The Morgan fingerprint density at radius 1 is 1.32 bits per heavy atom. The first-order chi connectivity index (χ1) is 10.8. The zero-order chi connectivity index (χ0) is 15.1. The minimum Gasteiger partial charge on any atom is -0.357 e. The number of hydrogen-bond acceptors (Lipinski definition) is 5. The second-order valence-electron chi connectivity index (χ2n) is 6.54. The van der Waals surface area contributed by atoms with Gasteiger partial charge in [0.15, 0.2) is 0 Å². The lowest BCUT2D eigenvalue weighted by atomic mass is 10.1. The van der Waals surface area contributed by atoms with Crippen LogP contribution in [0, 0.1) is 0 Å². The predicted molar refractivity (Wildman–Crippen MR) is 93.0 cm³/mol. The number of likely N-dealkylation sites (N-methyl/N-ethyl adjacent to an activating group) is 2. The van der Waals surface area contributed by atoms with Crippen LogP contribution in [0.3, 0.4) is 0 Å². The van der Waals surface area contributed by atoms with Crippen LogP contribution in [0.15, 0.2) is 6.33 Å². The molecule has 0 aromatic carbocycles. The minimum absolute atomic E-state index is 0.673. The summed E-state index contributed by atoms with van der Waals surface area (Å²) in [4.78, 5) is 16.9. The second kappa shape index (κ2) is 5.78. The van der Waals surface area contributed by atoms with Crippen LogP contribution in [0.5, 0.6) is 0 Å². The van der Waals surface area contributed by atoms with E-state index < -0.39 is 0 Å². The first-order valence-corrected chi connectivity index (χ1v) is 9.30. The van der Waals surface area contributed by atoms with Crippen molar-refractivity contribution in [3.63, 3.8) is 0 Å². The smallest absolute Gasteiger partial charge is 0.140 e. The highest BCUT2D eigenvalue weighted by atomic mass is 32.1. The third kappa shape index (κ3) is 2.31. The summed E-state index contributed by atoms with van der Waals surface area (Å²) < 4.78 is 0. The number of fused-ring (bicyclic) bond motifs is 3. The number of hydrogen-bond donors (Lipinski definition) is 0. The van der Waals surface area contributed by atoms with Gasteiger partial charge in [0, 0.05) is 24.5 Å². The van der Waals surface area contributed by atoms with Crippen molar-refractivity contribution in [3.05, 3.63) is 16.8 Å². The molecular weight excluding hydrogens is 292 g/mol. The standard InChI is InChI=1S/C17H24N4S/c1-3-21-9-5-6-12(21)10-20(2)16-15-13-7-4-8-14(13)22-17(15)19-11-18-16/h11-12H,3-10H2,1-2H3. The fourth-order valence-electron chi connectivity index (χ4n) is 4.12. The first-order valence-electron chi connectivity index (χ1n) is 8.48. The Morgan fingerprint density at radius 2 is 2.23 bits per heavy atom. The molecule has 0 spiro atoms. The number of nitrogens with zero attached hydrogens (tertiary/aromatic N) is 4. The van der Waals surface area contributed by atoms with Crippen molar-refractivity contribution in [2.45, 2.75) is 45.1 Å². The molecule has 0 radical (unpaired) electrons. The van der Waals surface area contributed by atoms with Gasteiger partial charge in [0.05, 0.1) is 5.39 Å². The van der Waals surface area contributed by atoms with Crippen molar-refractivity contribution >= 4 is 27.4 Å². The molecule has 3 heterocycles. The molecule has 0 saturated carbocycles. The summed E-state index contributed by atoms with van der Waals surface area (Å²) in [5.41, 5.74) is 1.53. The van der Waals surface area contributed by atoms with Gasteiger partial charge in [-0.2, -0.15) is 0 Å². The van der Waals surface area contributed by atoms with E-state index in [9.17, 15) is 0 Å². The van der Waals surface area contributed by atoms with Crippen LogP contribution >= 0.6 is 11.3 Å². The maximum absolute atomic E-state index is 4.65. The summed E-state index contributed by atoms with van der Waals surface area (Å²) >= 11 is 1.88. The number of rotatable bonds is 4. The maximum Gasteiger partial charge on any atom is 0.140 e. The monoisotopic (exact) mass is 316 g/mol. The molecule has 1 saturated heterocycles. The SMILES string of the molecule is CCN1CCCC1CN(C)c1ncnc2sc3c(c12)CCC3. The summed E-state index contributed by atoms with van der Waals surface area (Å²) in [5.74, 6) is 1.15. The van der Waals surface area contributed by atoms with Crippen molar-refractivity contribution in [2.75, 3.05) is 31.6 Å². The van der Waals surface area contributed by atoms with Gasteiger partial charge in [-0.25, -0.2) is 9.97 Å². The van der Waals surface area contributed by atoms with Gasteiger partial charge in [-0.1, -0.05) is 6.92 Å².